The van der Waals surface area contributed by atoms with Gasteiger partial charge in [-0.15, -0.1) is 0 Å². The molecule has 0 aliphatic carbocycles. The van der Waals surface area contributed by atoms with Crippen molar-refractivity contribution >= 4 is 0 Å². The first-order valence-corrected chi connectivity index (χ1v) is 5.93. The Labute approximate surface area is 97.6 Å². The molecule has 0 aromatic heterocycles. The summed E-state index contributed by atoms with van der Waals surface area (Å²) in [6.45, 7) is 2.78. The summed E-state index contributed by atoms with van der Waals surface area (Å²) in [5.41, 5.74) is 2.63. The molecule has 3 heteroatoms. The van der Waals surface area contributed by atoms with Gasteiger partial charge in [-0.1, -0.05) is 42.8 Å². The third-order valence-corrected chi connectivity index (χ3v) is 2.71. The first-order chi connectivity index (χ1) is 7.76. The molecule has 90 valence electrons. The van der Waals surface area contributed by atoms with E-state index in [0.717, 1.165) is 12.8 Å². The molecule has 0 radical (unpaired) electrons. The van der Waals surface area contributed by atoms with Crippen LogP contribution in [0.2, 0.25) is 0 Å². The Morgan fingerprint density at radius 3 is 2.19 bits per heavy atom. The summed E-state index contributed by atoms with van der Waals surface area (Å²) in [6.07, 6.45) is 4.47. The van der Waals surface area contributed by atoms with Crippen molar-refractivity contribution in [1.82, 2.24) is 0 Å². The van der Waals surface area contributed by atoms with Crippen LogP contribution in [0.1, 0.15) is 30.9 Å². The molecule has 3 nitrogen and oxygen atoms in total. The van der Waals surface area contributed by atoms with Crippen molar-refractivity contribution in [1.29, 1.82) is 0 Å². The topological polar surface area (TPSA) is 33.9 Å². The fraction of sp³-hybridized carbons (Fsp3) is 0.538. The summed E-state index contributed by atoms with van der Waals surface area (Å²) in [7, 11) is 1.49. The van der Waals surface area contributed by atoms with Gasteiger partial charge in [-0.3, -0.25) is 0 Å². The number of hydrogen-bond donors (Lipinski definition) is 2. The van der Waals surface area contributed by atoms with Crippen LogP contribution >= 0.6 is 0 Å². The maximum Gasteiger partial charge on any atom is 0.144 e. The minimum atomic E-state index is 0.107. The van der Waals surface area contributed by atoms with Crippen molar-refractivity contribution in [3.8, 4) is 0 Å². The van der Waals surface area contributed by atoms with Crippen LogP contribution < -0.4 is 5.23 Å². The summed E-state index contributed by atoms with van der Waals surface area (Å²) >= 11 is 0. The zero-order valence-corrected chi connectivity index (χ0v) is 10.2. The molecule has 0 saturated heterocycles. The Hall–Kier alpha value is -0.900. The Bertz CT molecular complexity index is 284. The molecule has 1 rings (SSSR count). The second-order valence-corrected chi connectivity index (χ2v) is 4.02. The third-order valence-electron chi connectivity index (χ3n) is 2.71. The quantitative estimate of drug-likeness (QED) is 0.687. The predicted molar refractivity (Wildman–Crippen MR) is 63.4 cm³/mol. The number of hydroxylamine groups is 2. The van der Waals surface area contributed by atoms with Crippen LogP contribution in [-0.2, 0) is 17.7 Å². The van der Waals surface area contributed by atoms with Crippen molar-refractivity contribution in [3.05, 3.63) is 35.4 Å². The Kier molecular flexibility index (Phi) is 6.08. The van der Waals surface area contributed by atoms with Gasteiger partial charge in [0.1, 0.15) is 6.54 Å². The number of aryl methyl sites for hydroxylation is 1. The number of rotatable bonds is 7. The fourth-order valence-electron chi connectivity index (χ4n) is 1.61. The highest BCUT2D eigenvalue weighted by atomic mass is 16.9. The SMILES string of the molecule is CCCCc1ccc(CC[NH+](O)OC)cc1. The maximum atomic E-state index is 9.18. The molecular weight excluding hydrogens is 202 g/mol. The van der Waals surface area contributed by atoms with E-state index in [1.165, 1.54) is 31.1 Å². The Morgan fingerprint density at radius 2 is 1.69 bits per heavy atom. The zero-order chi connectivity index (χ0) is 11.8. The van der Waals surface area contributed by atoms with Crippen molar-refractivity contribution < 1.29 is 15.3 Å². The van der Waals surface area contributed by atoms with E-state index in [1.54, 1.807) is 0 Å². The first kappa shape index (κ1) is 13.2. The Morgan fingerprint density at radius 1 is 1.12 bits per heavy atom. The van der Waals surface area contributed by atoms with E-state index in [0.29, 0.717) is 6.54 Å². The normalized spacial score (nSPS) is 12.7. The van der Waals surface area contributed by atoms with Crippen LogP contribution in [0, 0.1) is 0 Å². The fourth-order valence-corrected chi connectivity index (χ4v) is 1.61. The lowest BCUT2D eigenvalue weighted by Crippen LogP contribution is -3.08. The summed E-state index contributed by atoms with van der Waals surface area (Å²) < 4.78 is 0. The van der Waals surface area contributed by atoms with Crippen molar-refractivity contribution in [2.75, 3.05) is 13.7 Å². The van der Waals surface area contributed by atoms with E-state index >= 15 is 0 Å². The largest absolute Gasteiger partial charge is 0.184 e. The molecule has 0 spiro atoms. The Balaban J connectivity index is 2.38. The number of nitrogens with one attached hydrogen (secondary N) is 1. The van der Waals surface area contributed by atoms with E-state index in [9.17, 15) is 5.21 Å². The van der Waals surface area contributed by atoms with Crippen LogP contribution in [0.25, 0.3) is 0 Å². The van der Waals surface area contributed by atoms with Crippen molar-refractivity contribution in [3.63, 3.8) is 0 Å². The molecule has 0 bridgehead atoms. The molecule has 0 fully saturated rings. The second-order valence-electron chi connectivity index (χ2n) is 4.02. The summed E-state index contributed by atoms with van der Waals surface area (Å²) in [5, 5.41) is 9.29. The molecule has 1 atom stereocenters. The lowest BCUT2D eigenvalue weighted by Gasteiger charge is -2.06. The lowest BCUT2D eigenvalue weighted by atomic mass is 10.1. The monoisotopic (exact) mass is 224 g/mol. The van der Waals surface area contributed by atoms with E-state index in [4.69, 9.17) is 4.84 Å². The van der Waals surface area contributed by atoms with E-state index in [-0.39, 0.29) is 5.23 Å². The van der Waals surface area contributed by atoms with Gasteiger partial charge >= 0.3 is 0 Å². The first-order valence-electron chi connectivity index (χ1n) is 5.93. The van der Waals surface area contributed by atoms with Crippen LogP contribution in [-0.4, -0.2) is 18.9 Å². The van der Waals surface area contributed by atoms with Gasteiger partial charge in [-0.2, -0.15) is 10.0 Å². The molecular formula is C13H22NO2+. The van der Waals surface area contributed by atoms with E-state index < -0.39 is 0 Å². The lowest BCUT2D eigenvalue weighted by molar-refractivity contribution is -1.24. The minimum absolute atomic E-state index is 0.107. The maximum absolute atomic E-state index is 9.18. The van der Waals surface area contributed by atoms with Crippen LogP contribution in [0.5, 0.6) is 0 Å². The van der Waals surface area contributed by atoms with Crippen molar-refractivity contribution in [2.45, 2.75) is 32.6 Å². The van der Waals surface area contributed by atoms with Gasteiger partial charge in [0.25, 0.3) is 0 Å². The molecule has 1 aromatic rings. The molecule has 0 aliphatic rings. The van der Waals surface area contributed by atoms with E-state index in [1.807, 2.05) is 0 Å². The number of benzene rings is 1. The summed E-state index contributed by atoms with van der Waals surface area (Å²) in [6, 6.07) is 8.62. The third kappa shape index (κ3) is 4.75. The molecule has 0 aliphatic heterocycles. The molecule has 0 heterocycles. The average molecular weight is 224 g/mol. The van der Waals surface area contributed by atoms with Gasteiger partial charge in [-0.05, 0) is 24.0 Å². The average Bonchev–Trinajstić information content (AvgIpc) is 2.34. The number of quaternary nitrogens is 1. The predicted octanol–water partition coefficient (Wildman–Crippen LogP) is 1.41. The second kappa shape index (κ2) is 7.39. The minimum Gasteiger partial charge on any atom is -0.184 e. The highest BCUT2D eigenvalue weighted by Gasteiger charge is 2.03. The van der Waals surface area contributed by atoms with Crippen LogP contribution in [0.4, 0.5) is 0 Å². The van der Waals surface area contributed by atoms with Gasteiger partial charge in [0.15, 0.2) is 0 Å². The smallest absolute Gasteiger partial charge is 0.144 e. The standard InChI is InChI=1S/C13H21NO2/c1-3-4-5-12-6-8-13(9-7-12)10-11-14(15)16-2/h6-9,15H,3-5,10-11H2,1-2H3/p+1. The highest BCUT2D eigenvalue weighted by molar-refractivity contribution is 5.22. The van der Waals surface area contributed by atoms with Gasteiger partial charge in [0.05, 0.1) is 7.11 Å². The van der Waals surface area contributed by atoms with Gasteiger partial charge < -0.3 is 0 Å². The van der Waals surface area contributed by atoms with Gasteiger partial charge in [0.2, 0.25) is 0 Å². The number of hydrogen-bond acceptors (Lipinski definition) is 2. The highest BCUT2D eigenvalue weighted by Crippen LogP contribution is 2.07. The van der Waals surface area contributed by atoms with Crippen LogP contribution in [0.15, 0.2) is 24.3 Å². The van der Waals surface area contributed by atoms with E-state index in [2.05, 4.69) is 31.2 Å². The molecule has 1 aromatic carbocycles. The molecule has 16 heavy (non-hydrogen) atoms. The summed E-state index contributed by atoms with van der Waals surface area (Å²) in [5.74, 6) is 0. The number of unbranched alkanes of at least 4 members (excludes halogenated alkanes) is 1. The molecule has 1 unspecified atom stereocenters. The van der Waals surface area contributed by atoms with Gasteiger partial charge in [-0.25, -0.2) is 0 Å². The zero-order valence-electron chi connectivity index (χ0n) is 10.2. The van der Waals surface area contributed by atoms with Gasteiger partial charge in [0, 0.05) is 6.42 Å². The van der Waals surface area contributed by atoms with Crippen molar-refractivity contribution in [2.24, 2.45) is 0 Å². The molecule has 0 amide bonds. The van der Waals surface area contributed by atoms with Crippen LogP contribution in [0.3, 0.4) is 0 Å². The molecule has 2 N–H and O–H groups in total. The summed E-state index contributed by atoms with van der Waals surface area (Å²) in [4.78, 5) is 4.72. The molecule has 0 saturated carbocycles.